The van der Waals surface area contributed by atoms with Crippen LogP contribution in [0.4, 0.5) is 0 Å². The van der Waals surface area contributed by atoms with Crippen molar-refractivity contribution in [3.63, 3.8) is 0 Å². The first-order chi connectivity index (χ1) is 38.0. The molecule has 0 rings (SSSR count). The van der Waals surface area contributed by atoms with Crippen molar-refractivity contribution in [3.05, 3.63) is 146 Å². The Balaban J connectivity index is 4.15. The highest BCUT2D eigenvalue weighted by Gasteiger charge is 2.23. The summed E-state index contributed by atoms with van der Waals surface area (Å²) in [5.41, 5.74) is 0. The van der Waals surface area contributed by atoms with E-state index in [-0.39, 0.29) is 12.5 Å². The zero-order chi connectivity index (χ0) is 57.0. The minimum atomic E-state index is -4.61. The Morgan fingerprint density at radius 2 is 0.782 bits per heavy atom. The van der Waals surface area contributed by atoms with E-state index in [0.29, 0.717) is 17.4 Å². The first-order valence-electron chi connectivity index (χ1n) is 31.2. The average molecular weight is 1100 g/mol. The highest BCUT2D eigenvalue weighted by atomic mass is 31.2. The van der Waals surface area contributed by atoms with Gasteiger partial charge in [-0.05, 0) is 103 Å². The maximum atomic E-state index is 13.0. The Hall–Kier alpha value is -3.62. The molecular weight excluding hydrogens is 984 g/mol. The number of nitrogens with zero attached hydrogens (tertiary/aromatic N) is 1. The molecule has 0 spiro atoms. The number of aliphatic hydroxyl groups excluding tert-OH is 1. The molecule has 9 heteroatoms. The van der Waals surface area contributed by atoms with Crippen molar-refractivity contribution in [2.45, 2.75) is 244 Å². The third-order valence-corrected chi connectivity index (χ3v) is 14.0. The number of hydrogen-bond donors (Lipinski definition) is 2. The van der Waals surface area contributed by atoms with Crippen LogP contribution in [0.2, 0.25) is 0 Å². The number of aliphatic hydroxyl groups is 1. The van der Waals surface area contributed by atoms with Crippen LogP contribution in [0.15, 0.2) is 146 Å². The third kappa shape index (κ3) is 60.0. The van der Waals surface area contributed by atoms with Crippen LogP contribution >= 0.6 is 7.82 Å². The molecule has 0 aromatic carbocycles. The maximum absolute atomic E-state index is 13.0. The van der Waals surface area contributed by atoms with Gasteiger partial charge in [-0.25, -0.2) is 0 Å². The zero-order valence-electron chi connectivity index (χ0n) is 50.6. The van der Waals surface area contributed by atoms with Crippen molar-refractivity contribution >= 4 is 13.7 Å². The molecule has 8 nitrogen and oxygen atoms in total. The molecule has 0 saturated heterocycles. The Kier molecular flexibility index (Phi) is 55.4. The molecule has 0 aliphatic rings. The fraction of sp³-hybridized carbons (Fsp3) is 0.638. The first-order valence-corrected chi connectivity index (χ1v) is 32.7. The standard InChI is InChI=1S/C69H117N2O6P/c1-6-8-10-12-14-16-18-20-22-23-24-25-26-27-28-29-30-31-32-33-34-35-36-37-38-39-40-41-42-43-44-45-46-47-49-51-53-55-57-59-61-63-69(73)70-67(66-77-78(74,75)76-65-64-71(3,4)5)68(72)62-60-58-56-54-52-50-48-21-19-17-15-13-11-9-7-2/h8,10,14,16,20,22,24-25,27-28,30-31,33-34,36-37,39-40,42-43,45-46,60,62,67-68,72H,6-7,9,11-13,15,17-19,21,23,26,29,32,35,38,41,44,47-59,61,63-66H2,1-5H3,(H-,70,73,74,75)/b10-8-,16-14-,22-20-,25-24-,28-27-,31-30-,34-33-,37-36-,40-39-,43-42-,46-45-,62-60+. The van der Waals surface area contributed by atoms with Crippen LogP contribution < -0.4 is 10.2 Å². The second kappa shape index (κ2) is 58.0. The van der Waals surface area contributed by atoms with Crippen molar-refractivity contribution in [3.8, 4) is 0 Å². The molecule has 0 radical (unpaired) electrons. The van der Waals surface area contributed by atoms with E-state index in [2.05, 4.69) is 153 Å². The summed E-state index contributed by atoms with van der Waals surface area (Å²) in [6.45, 7) is 4.51. The van der Waals surface area contributed by atoms with Crippen LogP contribution in [0.25, 0.3) is 0 Å². The van der Waals surface area contributed by atoms with E-state index in [9.17, 15) is 19.4 Å². The molecule has 3 unspecified atom stereocenters. The number of phosphoric ester groups is 1. The Labute approximate surface area is 480 Å². The molecule has 0 bridgehead atoms. The Morgan fingerprint density at radius 1 is 0.462 bits per heavy atom. The number of carbonyl (C=O) groups is 1. The van der Waals surface area contributed by atoms with Crippen LogP contribution in [-0.2, 0) is 18.4 Å². The smallest absolute Gasteiger partial charge is 0.268 e. The number of amides is 1. The van der Waals surface area contributed by atoms with Gasteiger partial charge >= 0.3 is 0 Å². The zero-order valence-corrected chi connectivity index (χ0v) is 51.5. The normalized spacial score (nSPS) is 14.8. The first kappa shape index (κ1) is 74.4. The largest absolute Gasteiger partial charge is 0.756 e. The number of unbranched alkanes of at least 4 members (excludes halogenated alkanes) is 20. The molecule has 3 atom stereocenters. The number of rotatable bonds is 55. The van der Waals surface area contributed by atoms with Crippen molar-refractivity contribution in [2.24, 2.45) is 0 Å². The quantitative estimate of drug-likeness (QED) is 0.0272. The van der Waals surface area contributed by atoms with Gasteiger partial charge in [0.05, 0.1) is 39.9 Å². The third-order valence-electron chi connectivity index (χ3n) is 13.1. The van der Waals surface area contributed by atoms with E-state index in [1.807, 2.05) is 27.2 Å². The lowest BCUT2D eigenvalue weighted by Gasteiger charge is -2.29. The maximum Gasteiger partial charge on any atom is 0.268 e. The highest BCUT2D eigenvalue weighted by molar-refractivity contribution is 7.45. The van der Waals surface area contributed by atoms with Crippen LogP contribution in [0.3, 0.4) is 0 Å². The number of quaternary nitrogens is 1. The lowest BCUT2D eigenvalue weighted by atomic mass is 10.0. The number of hydrogen-bond acceptors (Lipinski definition) is 6. The van der Waals surface area contributed by atoms with Gasteiger partial charge in [0.1, 0.15) is 13.2 Å². The summed E-state index contributed by atoms with van der Waals surface area (Å²) in [5, 5.41) is 13.9. The topological polar surface area (TPSA) is 108 Å². The fourth-order valence-electron chi connectivity index (χ4n) is 8.22. The lowest BCUT2D eigenvalue weighted by Crippen LogP contribution is -2.45. The number of allylic oxidation sites excluding steroid dienone is 23. The summed E-state index contributed by atoms with van der Waals surface area (Å²) in [7, 11) is 1.23. The Bertz CT molecular complexity index is 1780. The summed E-state index contributed by atoms with van der Waals surface area (Å²) < 4.78 is 23.3. The monoisotopic (exact) mass is 1100 g/mol. The lowest BCUT2D eigenvalue weighted by molar-refractivity contribution is -0.870. The second-order valence-electron chi connectivity index (χ2n) is 21.7. The van der Waals surface area contributed by atoms with Crippen molar-refractivity contribution < 1.29 is 32.9 Å². The molecule has 0 heterocycles. The van der Waals surface area contributed by atoms with Crippen LogP contribution in [0.1, 0.15) is 232 Å². The van der Waals surface area contributed by atoms with Crippen molar-refractivity contribution in [2.75, 3.05) is 40.9 Å². The van der Waals surface area contributed by atoms with Gasteiger partial charge < -0.3 is 28.8 Å². The van der Waals surface area contributed by atoms with Gasteiger partial charge in [-0.3, -0.25) is 9.36 Å². The second-order valence-corrected chi connectivity index (χ2v) is 23.1. The minimum Gasteiger partial charge on any atom is -0.756 e. The summed E-state index contributed by atoms with van der Waals surface area (Å²) >= 11 is 0. The molecule has 0 aromatic heterocycles. The number of phosphoric acid groups is 1. The van der Waals surface area contributed by atoms with Gasteiger partial charge in [-0.15, -0.1) is 0 Å². The number of nitrogens with one attached hydrogen (secondary N) is 1. The Morgan fingerprint density at radius 3 is 1.14 bits per heavy atom. The molecule has 0 saturated carbocycles. The molecule has 2 N–H and O–H groups in total. The van der Waals surface area contributed by atoms with Crippen molar-refractivity contribution in [1.82, 2.24) is 5.32 Å². The van der Waals surface area contributed by atoms with E-state index in [1.165, 1.54) is 89.9 Å². The van der Waals surface area contributed by atoms with Gasteiger partial charge in [-0.1, -0.05) is 269 Å². The molecule has 1 amide bonds. The number of likely N-dealkylation sites (N-methyl/N-ethyl adjacent to an activating group) is 1. The van der Waals surface area contributed by atoms with Gasteiger partial charge in [0.2, 0.25) is 5.91 Å². The SMILES string of the molecule is CC/C=C\C/C=C\C/C=C\C/C=C\C/C=C\C/C=C\C/C=C\C/C=C\C/C=C\C/C=C\C/C=C\CCCCCCCCCC(=O)NC(COP(=O)([O-])OCC[N+](C)(C)C)C(O)/C=C/CCCCCCCCCCCCCCC. The molecule has 0 aliphatic heterocycles. The highest BCUT2D eigenvalue weighted by Crippen LogP contribution is 2.38. The van der Waals surface area contributed by atoms with E-state index in [4.69, 9.17) is 9.05 Å². The summed E-state index contributed by atoms with van der Waals surface area (Å²) in [4.78, 5) is 25.5. The summed E-state index contributed by atoms with van der Waals surface area (Å²) in [5.74, 6) is -0.214. The molecular formula is C69H117N2O6P. The fourth-order valence-corrected chi connectivity index (χ4v) is 8.94. The van der Waals surface area contributed by atoms with Gasteiger partial charge in [0, 0.05) is 6.42 Å². The predicted molar refractivity (Wildman–Crippen MR) is 338 cm³/mol. The molecule has 0 fully saturated rings. The summed E-state index contributed by atoms with van der Waals surface area (Å²) in [6, 6.07) is -0.903. The van der Waals surface area contributed by atoms with Gasteiger partial charge in [0.25, 0.3) is 7.82 Å². The molecule has 78 heavy (non-hydrogen) atoms. The molecule has 0 aliphatic carbocycles. The molecule has 444 valence electrons. The predicted octanol–water partition coefficient (Wildman–Crippen LogP) is 19.0. The van der Waals surface area contributed by atoms with Crippen molar-refractivity contribution in [1.29, 1.82) is 0 Å². The van der Waals surface area contributed by atoms with E-state index < -0.39 is 26.6 Å². The summed E-state index contributed by atoms with van der Waals surface area (Å²) in [6.07, 6.45) is 89.3. The molecule has 0 aromatic rings. The average Bonchev–Trinajstić information content (AvgIpc) is 3.41. The van der Waals surface area contributed by atoms with E-state index in [1.54, 1.807) is 6.08 Å². The number of carbonyl (C=O) groups excluding carboxylic acids is 1. The van der Waals surface area contributed by atoms with Gasteiger partial charge in [-0.2, -0.15) is 0 Å². The van der Waals surface area contributed by atoms with Crippen LogP contribution in [0.5, 0.6) is 0 Å². The van der Waals surface area contributed by atoms with E-state index in [0.717, 1.165) is 122 Å². The van der Waals surface area contributed by atoms with Gasteiger partial charge in [0.15, 0.2) is 0 Å². The van der Waals surface area contributed by atoms with Crippen LogP contribution in [0, 0.1) is 0 Å². The minimum absolute atomic E-state index is 0.0102. The van der Waals surface area contributed by atoms with E-state index >= 15 is 0 Å². The van der Waals surface area contributed by atoms with Crippen LogP contribution in [-0.4, -0.2) is 68.5 Å².